The first kappa shape index (κ1) is 24.0. The molecule has 7 nitrogen and oxygen atoms in total. The number of rotatable bonds is 7. The van der Waals surface area contributed by atoms with Gasteiger partial charge in [-0.3, -0.25) is 4.79 Å². The van der Waals surface area contributed by atoms with Crippen LogP contribution in [0.3, 0.4) is 0 Å². The summed E-state index contributed by atoms with van der Waals surface area (Å²) in [6.07, 6.45) is 2.25. The summed E-state index contributed by atoms with van der Waals surface area (Å²) in [5.41, 5.74) is -0.993. The second-order valence-corrected chi connectivity index (χ2v) is 15.3. The van der Waals surface area contributed by atoms with Crippen LogP contribution in [0.15, 0.2) is 11.4 Å². The average molecular weight is 437 g/mol. The van der Waals surface area contributed by atoms with Crippen LogP contribution in [0.1, 0.15) is 40.2 Å². The van der Waals surface area contributed by atoms with E-state index in [0.717, 1.165) is 6.26 Å². The van der Waals surface area contributed by atoms with Gasteiger partial charge in [-0.2, -0.15) is 0 Å². The quantitative estimate of drug-likeness (QED) is 0.280. The molecule has 0 unspecified atom stereocenters. The van der Waals surface area contributed by atoms with Crippen LogP contribution in [0.2, 0.25) is 23.3 Å². The third-order valence-corrected chi connectivity index (χ3v) is 10.5. The molecule has 1 heterocycles. The molecule has 0 aromatic carbocycles. The fraction of sp³-hybridized carbons (Fsp3) is 0.706. The van der Waals surface area contributed by atoms with E-state index >= 15 is 0 Å². The monoisotopic (exact) mass is 436 g/mol. The molecule has 1 atom stereocenters. The highest BCUT2D eigenvalue weighted by atomic mass is 35.5. The Kier molecular flexibility index (Phi) is 7.24. The lowest BCUT2D eigenvalue weighted by Crippen LogP contribution is -2.47. The van der Waals surface area contributed by atoms with E-state index in [-0.39, 0.29) is 29.0 Å². The number of nitrogens with zero attached hydrogens (tertiary/aromatic N) is 2. The molecule has 0 saturated carbocycles. The topological polar surface area (TPSA) is 95.5 Å². The number of ether oxygens (including phenoxy) is 1. The van der Waals surface area contributed by atoms with Gasteiger partial charge >= 0.3 is 5.97 Å². The molecule has 1 aromatic heterocycles. The lowest BCUT2D eigenvalue weighted by atomic mass is 9.85. The molecule has 154 valence electrons. The van der Waals surface area contributed by atoms with Crippen molar-refractivity contribution in [2.24, 2.45) is 0 Å². The summed E-state index contributed by atoms with van der Waals surface area (Å²) in [5.74, 6) is -0.527. The van der Waals surface area contributed by atoms with E-state index in [1.807, 2.05) is 0 Å². The van der Waals surface area contributed by atoms with Crippen LogP contribution < -0.4 is 0 Å². The minimum Gasteiger partial charge on any atom is -0.465 e. The zero-order valence-electron chi connectivity index (χ0n) is 17.2. The van der Waals surface area contributed by atoms with E-state index in [4.69, 9.17) is 20.8 Å². The van der Waals surface area contributed by atoms with Crippen LogP contribution in [-0.4, -0.2) is 52.1 Å². The Balaban J connectivity index is 3.39. The highest BCUT2D eigenvalue weighted by molar-refractivity contribution is 7.90. The average Bonchev–Trinajstić information content (AvgIpc) is 2.50. The molecule has 0 aliphatic rings. The molecular formula is C17H29ClN2O5SSi. The van der Waals surface area contributed by atoms with Gasteiger partial charge in [-0.15, -0.1) is 0 Å². The lowest BCUT2D eigenvalue weighted by Gasteiger charge is -2.39. The van der Waals surface area contributed by atoms with Crippen molar-refractivity contribution in [1.29, 1.82) is 0 Å². The number of carbonyl (C=O) groups excluding carboxylic acids is 1. The second-order valence-electron chi connectivity index (χ2n) is 8.23. The first-order valence-electron chi connectivity index (χ1n) is 8.60. The number of hydrogen-bond donors (Lipinski definition) is 0. The van der Waals surface area contributed by atoms with Crippen LogP contribution in [0, 0.1) is 0 Å². The third kappa shape index (κ3) is 5.49. The lowest BCUT2D eigenvalue weighted by molar-refractivity contribution is -0.150. The standard InChI is InChI=1S/C17H29ClN2O5SSi/c1-9-24-14(21)17(5,11-25-27(7,8)16(2,3)4)12-10-19-15(20-13(12)18)26(6,22)23/h10H,9,11H2,1-8H3/t17-/m1/s1. The molecule has 1 rings (SSSR count). The van der Waals surface area contributed by atoms with Crippen molar-refractivity contribution in [3.05, 3.63) is 16.9 Å². The Morgan fingerprint density at radius 2 is 1.81 bits per heavy atom. The van der Waals surface area contributed by atoms with Gasteiger partial charge in [0, 0.05) is 18.0 Å². The summed E-state index contributed by atoms with van der Waals surface area (Å²) < 4.78 is 34.8. The fourth-order valence-corrected chi connectivity index (χ4v) is 3.94. The predicted molar refractivity (Wildman–Crippen MR) is 107 cm³/mol. The first-order valence-corrected chi connectivity index (χ1v) is 13.8. The summed E-state index contributed by atoms with van der Waals surface area (Å²) in [4.78, 5) is 20.5. The van der Waals surface area contributed by atoms with Gasteiger partial charge in [0.15, 0.2) is 8.32 Å². The Hall–Kier alpha value is -1.03. The largest absolute Gasteiger partial charge is 0.465 e. The van der Waals surface area contributed by atoms with Crippen molar-refractivity contribution in [2.75, 3.05) is 19.5 Å². The third-order valence-electron chi connectivity index (χ3n) is 4.90. The van der Waals surface area contributed by atoms with Crippen molar-refractivity contribution in [1.82, 2.24) is 9.97 Å². The van der Waals surface area contributed by atoms with Gasteiger partial charge in [-0.25, -0.2) is 18.4 Å². The van der Waals surface area contributed by atoms with E-state index in [2.05, 4.69) is 43.8 Å². The maximum atomic E-state index is 12.7. The second kappa shape index (κ2) is 8.14. The number of carbonyl (C=O) groups is 1. The van der Waals surface area contributed by atoms with Crippen LogP contribution in [0.4, 0.5) is 0 Å². The van der Waals surface area contributed by atoms with Gasteiger partial charge < -0.3 is 9.16 Å². The summed E-state index contributed by atoms with van der Waals surface area (Å²) in [5, 5.41) is -0.559. The van der Waals surface area contributed by atoms with Gasteiger partial charge in [0.1, 0.15) is 10.6 Å². The van der Waals surface area contributed by atoms with E-state index < -0.39 is 34.7 Å². The Bertz CT molecular complexity index is 808. The molecule has 0 N–H and O–H groups in total. The molecular weight excluding hydrogens is 408 g/mol. The molecule has 0 aliphatic carbocycles. The van der Waals surface area contributed by atoms with Gasteiger partial charge in [0.25, 0.3) is 0 Å². The molecule has 10 heteroatoms. The van der Waals surface area contributed by atoms with Crippen molar-refractivity contribution >= 4 is 35.7 Å². The molecule has 1 aromatic rings. The molecule has 0 aliphatic heterocycles. The smallest absolute Gasteiger partial charge is 0.318 e. The van der Waals surface area contributed by atoms with Gasteiger partial charge in [0.05, 0.1) is 13.2 Å². The maximum absolute atomic E-state index is 12.7. The molecule has 0 saturated heterocycles. The summed E-state index contributed by atoms with van der Waals surface area (Å²) >= 11 is 6.24. The van der Waals surface area contributed by atoms with Crippen molar-refractivity contribution in [3.8, 4) is 0 Å². The normalized spacial score (nSPS) is 15.3. The summed E-state index contributed by atoms with van der Waals surface area (Å²) in [6, 6.07) is 0. The maximum Gasteiger partial charge on any atom is 0.318 e. The number of halogens is 1. The Morgan fingerprint density at radius 1 is 1.26 bits per heavy atom. The molecule has 0 radical (unpaired) electrons. The van der Waals surface area contributed by atoms with E-state index in [1.54, 1.807) is 13.8 Å². The van der Waals surface area contributed by atoms with Gasteiger partial charge in [0.2, 0.25) is 15.0 Å². The van der Waals surface area contributed by atoms with Crippen LogP contribution in [0.5, 0.6) is 0 Å². The minimum atomic E-state index is -3.62. The first-order chi connectivity index (χ1) is 12.1. The number of aromatic nitrogens is 2. The minimum absolute atomic E-state index is 0.0314. The van der Waals surface area contributed by atoms with Crippen LogP contribution in [0.25, 0.3) is 0 Å². The molecule has 0 amide bonds. The predicted octanol–water partition coefficient (Wildman–Crippen LogP) is 3.38. The Morgan fingerprint density at radius 3 is 2.22 bits per heavy atom. The molecule has 0 spiro atoms. The number of esters is 1. The highest BCUT2D eigenvalue weighted by Crippen LogP contribution is 2.39. The van der Waals surface area contributed by atoms with E-state index in [1.165, 1.54) is 6.20 Å². The van der Waals surface area contributed by atoms with Crippen molar-refractivity contribution < 1.29 is 22.4 Å². The summed E-state index contributed by atoms with van der Waals surface area (Å²) in [6.45, 7) is 14.0. The fourth-order valence-electron chi connectivity index (χ4n) is 1.97. The van der Waals surface area contributed by atoms with Crippen LogP contribution >= 0.6 is 11.6 Å². The van der Waals surface area contributed by atoms with Crippen molar-refractivity contribution in [3.63, 3.8) is 0 Å². The highest BCUT2D eigenvalue weighted by Gasteiger charge is 2.44. The zero-order valence-corrected chi connectivity index (χ0v) is 19.8. The van der Waals surface area contributed by atoms with Crippen molar-refractivity contribution in [2.45, 2.75) is 63.3 Å². The van der Waals surface area contributed by atoms with Crippen LogP contribution in [-0.2, 0) is 29.2 Å². The number of hydrogen-bond acceptors (Lipinski definition) is 7. The zero-order chi connectivity index (χ0) is 21.3. The van der Waals surface area contributed by atoms with Gasteiger partial charge in [-0.1, -0.05) is 32.4 Å². The Labute approximate surface area is 167 Å². The van der Waals surface area contributed by atoms with E-state index in [9.17, 15) is 13.2 Å². The number of sulfone groups is 1. The van der Waals surface area contributed by atoms with Gasteiger partial charge in [-0.05, 0) is 32.0 Å². The van der Waals surface area contributed by atoms with E-state index in [0.29, 0.717) is 0 Å². The SMILES string of the molecule is CCOC(=O)[C@](C)(CO[Si](C)(C)C(C)(C)C)c1cnc(S(C)(=O)=O)nc1Cl. The summed E-state index contributed by atoms with van der Waals surface area (Å²) in [7, 11) is -5.78. The molecule has 0 bridgehead atoms. The molecule has 27 heavy (non-hydrogen) atoms. The molecule has 0 fully saturated rings.